The second-order valence-corrected chi connectivity index (χ2v) is 5.05. The van der Waals surface area contributed by atoms with Crippen LogP contribution in [0.4, 0.5) is 0 Å². The highest BCUT2D eigenvalue weighted by Gasteiger charge is 2.47. The van der Waals surface area contributed by atoms with Gasteiger partial charge < -0.3 is 5.73 Å². The van der Waals surface area contributed by atoms with Crippen LogP contribution in [-0.2, 0) is 0 Å². The molecule has 76 valence electrons. The zero-order valence-electron chi connectivity index (χ0n) is 9.00. The van der Waals surface area contributed by atoms with Crippen molar-refractivity contribution < 1.29 is 0 Å². The zero-order valence-corrected chi connectivity index (χ0v) is 9.00. The smallest absolute Gasteiger partial charge is 0.00984 e. The van der Waals surface area contributed by atoms with Gasteiger partial charge in [-0.2, -0.15) is 0 Å². The highest BCUT2D eigenvalue weighted by molar-refractivity contribution is 5.00. The van der Waals surface area contributed by atoms with Crippen LogP contribution in [-0.4, -0.2) is 6.04 Å². The fourth-order valence-corrected chi connectivity index (χ4v) is 3.88. The fourth-order valence-electron chi connectivity index (χ4n) is 3.88. The molecule has 1 heteroatoms. The summed E-state index contributed by atoms with van der Waals surface area (Å²) >= 11 is 0. The van der Waals surface area contributed by atoms with E-state index in [1.54, 1.807) is 0 Å². The van der Waals surface area contributed by atoms with Gasteiger partial charge in [-0.05, 0) is 42.9 Å². The van der Waals surface area contributed by atoms with E-state index in [0.717, 1.165) is 23.7 Å². The maximum atomic E-state index is 6.22. The molecule has 1 nitrogen and oxygen atoms in total. The Hall–Kier alpha value is -0.0400. The third-order valence-corrected chi connectivity index (χ3v) is 4.69. The van der Waals surface area contributed by atoms with Crippen molar-refractivity contribution in [2.24, 2.45) is 29.4 Å². The predicted molar refractivity (Wildman–Crippen MR) is 56.4 cm³/mol. The van der Waals surface area contributed by atoms with Gasteiger partial charge in [0.1, 0.15) is 0 Å². The SMILES string of the molecule is CCC(CC)C1CC2CCC1C2N. The monoisotopic (exact) mass is 181 g/mol. The lowest BCUT2D eigenvalue weighted by atomic mass is 9.77. The standard InChI is InChI=1S/C12H23N/c1-3-8(4-2)11-7-9-5-6-10(11)12(9)13/h8-12H,3-7,13H2,1-2H3. The molecule has 0 amide bonds. The molecule has 2 bridgehead atoms. The highest BCUT2D eigenvalue weighted by atomic mass is 14.7. The summed E-state index contributed by atoms with van der Waals surface area (Å²) < 4.78 is 0. The molecule has 0 radical (unpaired) electrons. The molecule has 0 saturated heterocycles. The van der Waals surface area contributed by atoms with Crippen LogP contribution in [0, 0.1) is 23.7 Å². The summed E-state index contributed by atoms with van der Waals surface area (Å²) in [6, 6.07) is 0.561. The Morgan fingerprint density at radius 1 is 1.23 bits per heavy atom. The van der Waals surface area contributed by atoms with E-state index in [2.05, 4.69) is 13.8 Å². The van der Waals surface area contributed by atoms with Gasteiger partial charge in [-0.15, -0.1) is 0 Å². The van der Waals surface area contributed by atoms with E-state index in [9.17, 15) is 0 Å². The van der Waals surface area contributed by atoms with Crippen LogP contribution < -0.4 is 5.73 Å². The van der Waals surface area contributed by atoms with Crippen molar-refractivity contribution in [3.05, 3.63) is 0 Å². The van der Waals surface area contributed by atoms with Gasteiger partial charge in [0.2, 0.25) is 0 Å². The molecule has 2 N–H and O–H groups in total. The summed E-state index contributed by atoms with van der Waals surface area (Å²) in [5, 5.41) is 0. The average molecular weight is 181 g/mol. The Morgan fingerprint density at radius 3 is 2.31 bits per heavy atom. The van der Waals surface area contributed by atoms with Crippen molar-refractivity contribution >= 4 is 0 Å². The molecule has 13 heavy (non-hydrogen) atoms. The normalized spacial score (nSPS) is 43.4. The Kier molecular flexibility index (Phi) is 2.64. The Morgan fingerprint density at radius 2 is 1.92 bits per heavy atom. The summed E-state index contributed by atoms with van der Waals surface area (Å²) in [7, 11) is 0. The first-order valence-electron chi connectivity index (χ1n) is 6.03. The number of rotatable bonds is 3. The minimum absolute atomic E-state index is 0.561. The van der Waals surface area contributed by atoms with Crippen LogP contribution in [0.15, 0.2) is 0 Å². The summed E-state index contributed by atoms with van der Waals surface area (Å²) in [5.74, 6) is 3.70. The molecular formula is C12H23N. The third kappa shape index (κ3) is 1.41. The van der Waals surface area contributed by atoms with Crippen LogP contribution in [0.3, 0.4) is 0 Å². The van der Waals surface area contributed by atoms with Gasteiger partial charge in [0.05, 0.1) is 0 Å². The first-order chi connectivity index (χ1) is 6.27. The highest BCUT2D eigenvalue weighted by Crippen LogP contribution is 2.51. The van der Waals surface area contributed by atoms with Crippen molar-refractivity contribution in [3.63, 3.8) is 0 Å². The topological polar surface area (TPSA) is 26.0 Å². The lowest BCUT2D eigenvalue weighted by molar-refractivity contribution is 0.213. The molecule has 2 rings (SSSR count). The first kappa shape index (κ1) is 9.51. The number of nitrogens with two attached hydrogens (primary N) is 1. The van der Waals surface area contributed by atoms with E-state index in [0.29, 0.717) is 6.04 Å². The zero-order chi connectivity index (χ0) is 9.42. The van der Waals surface area contributed by atoms with Crippen LogP contribution in [0.1, 0.15) is 46.0 Å². The van der Waals surface area contributed by atoms with E-state index in [1.165, 1.54) is 32.1 Å². The van der Waals surface area contributed by atoms with Gasteiger partial charge in [0.15, 0.2) is 0 Å². The average Bonchev–Trinajstić information content (AvgIpc) is 2.64. The molecule has 2 saturated carbocycles. The summed E-state index contributed by atoms with van der Waals surface area (Å²) in [4.78, 5) is 0. The molecule has 0 aromatic rings. The van der Waals surface area contributed by atoms with E-state index in [1.807, 2.05) is 0 Å². The van der Waals surface area contributed by atoms with E-state index < -0.39 is 0 Å². The van der Waals surface area contributed by atoms with Gasteiger partial charge in [-0.1, -0.05) is 26.7 Å². The fraction of sp³-hybridized carbons (Fsp3) is 1.00. The molecule has 2 fully saturated rings. The molecule has 2 aliphatic carbocycles. The van der Waals surface area contributed by atoms with Crippen LogP contribution in [0.2, 0.25) is 0 Å². The molecule has 0 heterocycles. The molecular weight excluding hydrogens is 158 g/mol. The van der Waals surface area contributed by atoms with Gasteiger partial charge in [0, 0.05) is 6.04 Å². The maximum absolute atomic E-state index is 6.22. The molecule has 4 unspecified atom stereocenters. The van der Waals surface area contributed by atoms with Gasteiger partial charge >= 0.3 is 0 Å². The second kappa shape index (κ2) is 3.61. The largest absolute Gasteiger partial charge is 0.327 e. The van der Waals surface area contributed by atoms with Crippen molar-refractivity contribution in [1.29, 1.82) is 0 Å². The molecule has 4 atom stereocenters. The van der Waals surface area contributed by atoms with Crippen molar-refractivity contribution in [1.82, 2.24) is 0 Å². The lowest BCUT2D eigenvalue weighted by Crippen LogP contribution is -2.28. The number of fused-ring (bicyclic) bond motifs is 2. The summed E-state index contributed by atoms with van der Waals surface area (Å²) in [6.07, 6.45) is 7.00. The first-order valence-corrected chi connectivity index (χ1v) is 6.03. The lowest BCUT2D eigenvalue weighted by Gasteiger charge is -2.29. The van der Waals surface area contributed by atoms with Crippen molar-refractivity contribution in [3.8, 4) is 0 Å². The maximum Gasteiger partial charge on any atom is 0.00984 e. The molecule has 2 aliphatic rings. The van der Waals surface area contributed by atoms with Crippen LogP contribution >= 0.6 is 0 Å². The van der Waals surface area contributed by atoms with E-state index >= 15 is 0 Å². The summed E-state index contributed by atoms with van der Waals surface area (Å²) in [6.45, 7) is 4.68. The molecule has 0 aromatic heterocycles. The second-order valence-electron chi connectivity index (χ2n) is 5.05. The molecule has 0 aliphatic heterocycles. The summed E-state index contributed by atoms with van der Waals surface area (Å²) in [5.41, 5.74) is 6.22. The Bertz CT molecular complexity index is 174. The predicted octanol–water partition coefficient (Wildman–Crippen LogP) is 2.80. The quantitative estimate of drug-likeness (QED) is 0.712. The third-order valence-electron chi connectivity index (χ3n) is 4.69. The Balaban J connectivity index is 2.03. The van der Waals surface area contributed by atoms with Crippen LogP contribution in [0.25, 0.3) is 0 Å². The molecule has 0 spiro atoms. The van der Waals surface area contributed by atoms with E-state index in [4.69, 9.17) is 5.73 Å². The minimum atomic E-state index is 0.561. The minimum Gasteiger partial charge on any atom is -0.327 e. The van der Waals surface area contributed by atoms with Crippen LogP contribution in [0.5, 0.6) is 0 Å². The number of hydrogen-bond donors (Lipinski definition) is 1. The Labute approximate surface area is 82.1 Å². The van der Waals surface area contributed by atoms with Crippen molar-refractivity contribution in [2.45, 2.75) is 52.0 Å². The van der Waals surface area contributed by atoms with Gasteiger partial charge in [-0.3, -0.25) is 0 Å². The van der Waals surface area contributed by atoms with Crippen molar-refractivity contribution in [2.75, 3.05) is 0 Å². The molecule has 0 aromatic carbocycles. The van der Waals surface area contributed by atoms with E-state index in [-0.39, 0.29) is 0 Å². The van der Waals surface area contributed by atoms with Gasteiger partial charge in [0.25, 0.3) is 0 Å². The number of hydrogen-bond acceptors (Lipinski definition) is 1. The van der Waals surface area contributed by atoms with Gasteiger partial charge in [-0.25, -0.2) is 0 Å².